The number of H-pyrrole nitrogens is 1. The molecule has 3 rings (SSSR count). The zero-order valence-electron chi connectivity index (χ0n) is 13.0. The van der Waals surface area contributed by atoms with E-state index in [4.69, 9.17) is 0 Å². The number of rotatable bonds is 3. The van der Waals surface area contributed by atoms with Crippen molar-refractivity contribution < 1.29 is 18.1 Å². The van der Waals surface area contributed by atoms with Crippen LogP contribution in [0.4, 0.5) is 18.9 Å². The fraction of sp³-hybridized carbons (Fsp3) is 0.118. The van der Waals surface area contributed by atoms with E-state index in [9.17, 15) is 23.3 Å². The molecule has 2 aromatic carbocycles. The molecule has 0 aliphatic carbocycles. The van der Waals surface area contributed by atoms with Crippen LogP contribution in [0, 0.1) is 17.0 Å². The first-order chi connectivity index (χ1) is 11.7. The smallest absolute Gasteiger partial charge is 0.338 e. The molecule has 0 bridgehead atoms. The average Bonchev–Trinajstić information content (AvgIpc) is 3.03. The van der Waals surface area contributed by atoms with Crippen LogP contribution in [0.25, 0.3) is 22.6 Å². The topological polar surface area (TPSA) is 71.8 Å². The summed E-state index contributed by atoms with van der Waals surface area (Å²) in [5.74, 6) is 0.294. The van der Waals surface area contributed by atoms with E-state index in [2.05, 4.69) is 9.97 Å². The normalized spacial score (nSPS) is 11.5. The number of imidazole rings is 1. The third-order valence-corrected chi connectivity index (χ3v) is 3.64. The third kappa shape index (κ3) is 3.52. The number of nitro groups is 1. The highest BCUT2D eigenvalue weighted by Gasteiger charge is 2.31. The van der Waals surface area contributed by atoms with Crippen molar-refractivity contribution in [1.82, 2.24) is 9.97 Å². The number of hydrogen-bond donors (Lipinski definition) is 1. The summed E-state index contributed by atoms with van der Waals surface area (Å²) in [7, 11) is 0. The lowest BCUT2D eigenvalue weighted by Crippen LogP contribution is -2.05. The van der Waals surface area contributed by atoms with Gasteiger partial charge in [-0.1, -0.05) is 0 Å². The monoisotopic (exact) mass is 347 g/mol. The molecule has 8 heteroatoms. The number of aromatic nitrogens is 2. The Morgan fingerprint density at radius 2 is 1.76 bits per heavy atom. The maximum atomic E-state index is 13.0. The van der Waals surface area contributed by atoms with E-state index in [0.717, 1.165) is 12.1 Å². The van der Waals surface area contributed by atoms with Crippen LogP contribution in [-0.4, -0.2) is 14.9 Å². The molecular formula is C17H12F3N3O2. The average molecular weight is 347 g/mol. The van der Waals surface area contributed by atoms with Gasteiger partial charge in [-0.3, -0.25) is 10.1 Å². The van der Waals surface area contributed by atoms with Crippen LogP contribution in [0.5, 0.6) is 0 Å². The van der Waals surface area contributed by atoms with E-state index in [-0.39, 0.29) is 5.69 Å². The molecule has 0 amide bonds. The highest BCUT2D eigenvalue weighted by atomic mass is 19.4. The SMILES string of the molecule is Cc1cc(-c2ncc(-c3ccc([N+](=O)[O-])cc3)[nH]2)cc(C(F)(F)F)c1. The Labute approximate surface area is 140 Å². The Kier molecular flexibility index (Phi) is 4.03. The molecule has 0 radical (unpaired) electrons. The predicted molar refractivity (Wildman–Crippen MR) is 85.9 cm³/mol. The Balaban J connectivity index is 1.96. The van der Waals surface area contributed by atoms with Gasteiger partial charge in [0, 0.05) is 23.3 Å². The fourth-order valence-corrected chi connectivity index (χ4v) is 2.46. The van der Waals surface area contributed by atoms with Gasteiger partial charge < -0.3 is 4.98 Å². The summed E-state index contributed by atoms with van der Waals surface area (Å²) in [5, 5.41) is 10.7. The zero-order valence-corrected chi connectivity index (χ0v) is 13.0. The molecule has 128 valence electrons. The molecule has 5 nitrogen and oxygen atoms in total. The number of aromatic amines is 1. The zero-order chi connectivity index (χ0) is 18.2. The molecule has 3 aromatic rings. The number of alkyl halides is 3. The van der Waals surface area contributed by atoms with E-state index in [1.165, 1.54) is 18.3 Å². The van der Waals surface area contributed by atoms with Crippen molar-refractivity contribution >= 4 is 5.69 Å². The lowest BCUT2D eigenvalue weighted by Gasteiger charge is -2.09. The van der Waals surface area contributed by atoms with Gasteiger partial charge in [0.15, 0.2) is 0 Å². The van der Waals surface area contributed by atoms with Gasteiger partial charge in [0.1, 0.15) is 5.82 Å². The second-order valence-electron chi connectivity index (χ2n) is 5.53. The number of nitro benzene ring substituents is 1. The van der Waals surface area contributed by atoms with Crippen LogP contribution in [0.15, 0.2) is 48.7 Å². The molecular weight excluding hydrogens is 335 g/mol. The second-order valence-corrected chi connectivity index (χ2v) is 5.53. The second kappa shape index (κ2) is 6.04. The van der Waals surface area contributed by atoms with Gasteiger partial charge in [-0.05, 0) is 42.8 Å². The highest BCUT2D eigenvalue weighted by molar-refractivity contribution is 5.66. The van der Waals surface area contributed by atoms with E-state index in [1.807, 2.05) is 0 Å². The molecule has 0 fully saturated rings. The summed E-state index contributed by atoms with van der Waals surface area (Å²) in [6.45, 7) is 1.58. The third-order valence-electron chi connectivity index (χ3n) is 3.64. The summed E-state index contributed by atoms with van der Waals surface area (Å²) in [6.07, 6.45) is -2.96. The van der Waals surface area contributed by atoms with Crippen LogP contribution >= 0.6 is 0 Å². The van der Waals surface area contributed by atoms with Crippen LogP contribution in [0.1, 0.15) is 11.1 Å². The van der Waals surface area contributed by atoms with Gasteiger partial charge in [0.25, 0.3) is 5.69 Å². The standard InChI is InChI=1S/C17H12F3N3O2/c1-10-6-12(8-13(7-10)17(18,19)20)16-21-9-15(22-16)11-2-4-14(5-3-11)23(24)25/h2-9H,1H3,(H,21,22). The maximum Gasteiger partial charge on any atom is 0.416 e. The first-order valence-electron chi connectivity index (χ1n) is 7.23. The summed E-state index contributed by atoms with van der Waals surface area (Å²) >= 11 is 0. The van der Waals surface area contributed by atoms with Crippen LogP contribution < -0.4 is 0 Å². The van der Waals surface area contributed by atoms with E-state index >= 15 is 0 Å². The van der Waals surface area contributed by atoms with Crippen molar-refractivity contribution in [3.8, 4) is 22.6 Å². The van der Waals surface area contributed by atoms with E-state index in [1.54, 1.807) is 25.1 Å². The summed E-state index contributed by atoms with van der Waals surface area (Å²) in [4.78, 5) is 17.2. The molecule has 0 aliphatic heterocycles. The molecule has 25 heavy (non-hydrogen) atoms. The maximum absolute atomic E-state index is 13.0. The molecule has 0 atom stereocenters. The number of non-ortho nitro benzene ring substituents is 1. The lowest BCUT2D eigenvalue weighted by molar-refractivity contribution is -0.384. The van der Waals surface area contributed by atoms with Crippen molar-refractivity contribution in [2.24, 2.45) is 0 Å². The summed E-state index contributed by atoms with van der Waals surface area (Å²) in [6, 6.07) is 9.51. The van der Waals surface area contributed by atoms with Gasteiger partial charge in [-0.25, -0.2) is 4.98 Å². The van der Waals surface area contributed by atoms with E-state index in [0.29, 0.717) is 28.2 Å². The quantitative estimate of drug-likeness (QED) is 0.536. The van der Waals surface area contributed by atoms with Gasteiger partial charge in [-0.2, -0.15) is 13.2 Å². The van der Waals surface area contributed by atoms with Gasteiger partial charge >= 0.3 is 6.18 Å². The van der Waals surface area contributed by atoms with Crippen molar-refractivity contribution in [2.45, 2.75) is 13.1 Å². The van der Waals surface area contributed by atoms with E-state index < -0.39 is 16.7 Å². The molecule has 0 spiro atoms. The molecule has 1 aromatic heterocycles. The summed E-state index contributed by atoms with van der Waals surface area (Å²) < 4.78 is 38.9. The Hall–Kier alpha value is -3.16. The fourth-order valence-electron chi connectivity index (χ4n) is 2.46. The first-order valence-corrected chi connectivity index (χ1v) is 7.23. The lowest BCUT2D eigenvalue weighted by atomic mass is 10.1. The Bertz CT molecular complexity index is 931. The van der Waals surface area contributed by atoms with Crippen molar-refractivity contribution in [3.05, 3.63) is 69.9 Å². The number of nitrogens with zero attached hydrogens (tertiary/aromatic N) is 2. The van der Waals surface area contributed by atoms with Crippen molar-refractivity contribution in [2.75, 3.05) is 0 Å². The number of benzene rings is 2. The Morgan fingerprint density at radius 3 is 2.36 bits per heavy atom. The van der Waals surface area contributed by atoms with Crippen LogP contribution in [0.3, 0.4) is 0 Å². The minimum atomic E-state index is -4.44. The predicted octanol–water partition coefficient (Wildman–Crippen LogP) is 4.98. The Morgan fingerprint density at radius 1 is 1.08 bits per heavy atom. The summed E-state index contributed by atoms with van der Waals surface area (Å²) in [5.41, 5.74) is 1.21. The van der Waals surface area contributed by atoms with Crippen molar-refractivity contribution in [1.29, 1.82) is 0 Å². The van der Waals surface area contributed by atoms with Gasteiger partial charge in [0.2, 0.25) is 0 Å². The number of halogens is 3. The van der Waals surface area contributed by atoms with Crippen LogP contribution in [-0.2, 0) is 6.18 Å². The molecule has 0 aliphatic rings. The molecule has 0 unspecified atom stereocenters. The molecule has 1 heterocycles. The minimum Gasteiger partial charge on any atom is -0.338 e. The van der Waals surface area contributed by atoms with Crippen LogP contribution in [0.2, 0.25) is 0 Å². The van der Waals surface area contributed by atoms with Gasteiger partial charge in [-0.15, -0.1) is 0 Å². The van der Waals surface area contributed by atoms with Gasteiger partial charge in [0.05, 0.1) is 22.4 Å². The number of hydrogen-bond acceptors (Lipinski definition) is 3. The minimum absolute atomic E-state index is 0.0445. The van der Waals surface area contributed by atoms with Crippen molar-refractivity contribution in [3.63, 3.8) is 0 Å². The number of aryl methyl sites for hydroxylation is 1. The highest BCUT2D eigenvalue weighted by Crippen LogP contribution is 2.33. The molecule has 1 N–H and O–H groups in total. The largest absolute Gasteiger partial charge is 0.416 e. The first kappa shape index (κ1) is 16.7. The molecule has 0 saturated carbocycles. The molecule has 0 saturated heterocycles. The number of nitrogens with one attached hydrogen (secondary N) is 1.